The predicted octanol–water partition coefficient (Wildman–Crippen LogP) is 3.88. The van der Waals surface area contributed by atoms with Crippen molar-refractivity contribution < 1.29 is 14.3 Å². The molecule has 2 aromatic rings. The molecule has 0 spiro atoms. The van der Waals surface area contributed by atoms with Gasteiger partial charge in [-0.2, -0.15) is 0 Å². The Morgan fingerprint density at radius 2 is 1.78 bits per heavy atom. The summed E-state index contributed by atoms with van der Waals surface area (Å²) in [4.78, 5) is 16.4. The molecule has 2 rings (SSSR count). The van der Waals surface area contributed by atoms with E-state index in [0.29, 0.717) is 5.88 Å². The fourth-order valence-corrected chi connectivity index (χ4v) is 1.84. The Morgan fingerprint density at radius 1 is 1.09 bits per heavy atom. The maximum atomic E-state index is 12.4. The number of rotatable bonds is 5. The van der Waals surface area contributed by atoms with Gasteiger partial charge in [0.15, 0.2) is 0 Å². The summed E-state index contributed by atoms with van der Waals surface area (Å²) in [6.07, 6.45) is 4.27. The maximum Gasteiger partial charge on any atom is 0.352 e. The van der Waals surface area contributed by atoms with Crippen molar-refractivity contribution in [3.05, 3.63) is 66.4 Å². The van der Waals surface area contributed by atoms with Crippen molar-refractivity contribution in [3.8, 4) is 5.88 Å². The second-order valence-electron chi connectivity index (χ2n) is 6.01. The lowest BCUT2D eigenvalue weighted by Crippen LogP contribution is -2.34. The molecule has 0 bridgehead atoms. The van der Waals surface area contributed by atoms with E-state index in [2.05, 4.69) is 4.98 Å². The van der Waals surface area contributed by atoms with Gasteiger partial charge in [-0.25, -0.2) is 9.78 Å². The Bertz CT molecular complexity index is 645. The molecular formula is C19H21NO3. The summed E-state index contributed by atoms with van der Waals surface area (Å²) in [5, 5.41) is 0. The van der Waals surface area contributed by atoms with E-state index in [4.69, 9.17) is 9.47 Å². The van der Waals surface area contributed by atoms with Gasteiger partial charge in [0.05, 0.1) is 0 Å². The zero-order valence-electron chi connectivity index (χ0n) is 13.6. The summed E-state index contributed by atoms with van der Waals surface area (Å²) in [5.74, 6) is -0.0728. The number of benzene rings is 1. The zero-order valence-corrected chi connectivity index (χ0v) is 13.6. The van der Waals surface area contributed by atoms with Crippen LogP contribution in [0.5, 0.6) is 5.88 Å². The first-order chi connectivity index (χ1) is 10.9. The van der Waals surface area contributed by atoms with E-state index in [1.165, 1.54) is 0 Å². The van der Waals surface area contributed by atoms with Crippen molar-refractivity contribution in [1.29, 1.82) is 0 Å². The lowest BCUT2D eigenvalue weighted by molar-refractivity contribution is -0.161. The normalized spacial score (nSPS) is 12.8. The van der Waals surface area contributed by atoms with Crippen LogP contribution in [-0.2, 0) is 9.53 Å². The average molecular weight is 311 g/mol. The average Bonchev–Trinajstić information content (AvgIpc) is 2.51. The number of aromatic nitrogens is 1. The van der Waals surface area contributed by atoms with Crippen LogP contribution in [0.2, 0.25) is 0 Å². The molecule has 1 heterocycles. The molecule has 0 N–H and O–H groups in total. The summed E-state index contributed by atoms with van der Waals surface area (Å²) < 4.78 is 11.1. The van der Waals surface area contributed by atoms with Gasteiger partial charge in [0, 0.05) is 12.3 Å². The molecule has 4 heteroatoms. The molecule has 0 aliphatic heterocycles. The zero-order chi connectivity index (χ0) is 16.7. The number of hydrogen-bond acceptors (Lipinski definition) is 4. The van der Waals surface area contributed by atoms with E-state index in [9.17, 15) is 4.79 Å². The Labute approximate surface area is 136 Å². The quantitative estimate of drug-likeness (QED) is 0.786. The van der Waals surface area contributed by atoms with Crippen molar-refractivity contribution in [2.24, 2.45) is 0 Å². The van der Waals surface area contributed by atoms with E-state index in [1.807, 2.05) is 57.2 Å². The molecule has 0 fully saturated rings. The van der Waals surface area contributed by atoms with Crippen LogP contribution in [0, 0.1) is 0 Å². The minimum absolute atomic E-state index is 0.376. The summed E-state index contributed by atoms with van der Waals surface area (Å²) in [7, 11) is 0. The summed E-state index contributed by atoms with van der Waals surface area (Å²) in [5.41, 5.74) is 0.398. The number of carbonyl (C=O) groups is 1. The number of carbonyl (C=O) groups excluding carboxylic acids is 1. The van der Waals surface area contributed by atoms with Gasteiger partial charge in [0.2, 0.25) is 12.0 Å². The van der Waals surface area contributed by atoms with Crippen LogP contribution in [-0.4, -0.2) is 22.7 Å². The third-order valence-corrected chi connectivity index (χ3v) is 2.79. The van der Waals surface area contributed by atoms with Gasteiger partial charge < -0.3 is 9.47 Å². The van der Waals surface area contributed by atoms with E-state index in [0.717, 1.165) is 5.56 Å². The van der Waals surface area contributed by atoms with Gasteiger partial charge in [-0.15, -0.1) is 0 Å². The minimum atomic E-state index is -0.857. The Morgan fingerprint density at radius 3 is 2.39 bits per heavy atom. The molecule has 4 nitrogen and oxygen atoms in total. The van der Waals surface area contributed by atoms with Crippen LogP contribution in [0.15, 0.2) is 60.8 Å². The second-order valence-corrected chi connectivity index (χ2v) is 6.01. The van der Waals surface area contributed by atoms with Gasteiger partial charge in [0.25, 0.3) is 0 Å². The highest BCUT2D eigenvalue weighted by molar-refractivity contribution is 5.79. The lowest BCUT2D eigenvalue weighted by atomic mass is 10.1. The van der Waals surface area contributed by atoms with Crippen LogP contribution in [0.25, 0.3) is 6.08 Å². The van der Waals surface area contributed by atoms with E-state index in [1.54, 1.807) is 30.5 Å². The predicted molar refractivity (Wildman–Crippen MR) is 90.0 cm³/mol. The Kier molecular flexibility index (Phi) is 5.52. The first kappa shape index (κ1) is 16.7. The Balaban J connectivity index is 2.17. The first-order valence-corrected chi connectivity index (χ1v) is 7.48. The third kappa shape index (κ3) is 5.94. The fraction of sp³-hybridized carbons (Fsp3) is 0.263. The van der Waals surface area contributed by atoms with Crippen LogP contribution in [0.3, 0.4) is 0 Å². The number of esters is 1. The number of hydrogen-bond donors (Lipinski definition) is 0. The number of pyridine rings is 1. The van der Waals surface area contributed by atoms with Gasteiger partial charge in [-0.05, 0) is 38.5 Å². The summed E-state index contributed by atoms with van der Waals surface area (Å²) in [6.45, 7) is 5.47. The third-order valence-electron chi connectivity index (χ3n) is 2.79. The SMILES string of the molecule is CC(C)(C)OC(=O)[C@@H](/C=C/c1ccccc1)Oc1ccccn1. The van der Waals surface area contributed by atoms with Crippen molar-refractivity contribution in [3.63, 3.8) is 0 Å². The van der Waals surface area contributed by atoms with E-state index >= 15 is 0 Å². The van der Waals surface area contributed by atoms with Crippen LogP contribution >= 0.6 is 0 Å². The molecule has 0 saturated heterocycles. The maximum absolute atomic E-state index is 12.4. The van der Waals surface area contributed by atoms with Crippen molar-refractivity contribution in [2.75, 3.05) is 0 Å². The molecule has 0 aliphatic carbocycles. The molecule has 0 aliphatic rings. The molecule has 0 unspecified atom stereocenters. The highest BCUT2D eigenvalue weighted by Crippen LogP contribution is 2.14. The number of ether oxygens (including phenoxy) is 2. The smallest absolute Gasteiger partial charge is 0.352 e. The molecule has 120 valence electrons. The van der Waals surface area contributed by atoms with Gasteiger partial charge in [-0.1, -0.05) is 42.5 Å². The van der Waals surface area contributed by atoms with E-state index in [-0.39, 0.29) is 0 Å². The van der Waals surface area contributed by atoms with Crippen molar-refractivity contribution in [1.82, 2.24) is 4.98 Å². The monoisotopic (exact) mass is 311 g/mol. The molecule has 0 amide bonds. The van der Waals surface area contributed by atoms with Gasteiger partial charge >= 0.3 is 5.97 Å². The summed E-state index contributed by atoms with van der Waals surface area (Å²) in [6, 6.07) is 15.0. The second kappa shape index (κ2) is 7.58. The van der Waals surface area contributed by atoms with Crippen molar-refractivity contribution in [2.45, 2.75) is 32.5 Å². The molecule has 1 atom stereocenters. The standard InChI is InChI=1S/C19H21NO3/c1-19(2,3)23-18(21)16(22-17-11-7-8-14-20-17)13-12-15-9-5-4-6-10-15/h4-14,16H,1-3H3/b13-12+/t16-/m1/s1. The Hall–Kier alpha value is -2.62. The molecule has 0 saturated carbocycles. The van der Waals surface area contributed by atoms with Gasteiger partial charge in [0.1, 0.15) is 5.60 Å². The fourth-order valence-electron chi connectivity index (χ4n) is 1.84. The molecule has 1 aromatic heterocycles. The minimum Gasteiger partial charge on any atom is -0.458 e. The first-order valence-electron chi connectivity index (χ1n) is 7.48. The van der Waals surface area contributed by atoms with E-state index < -0.39 is 17.7 Å². The topological polar surface area (TPSA) is 48.4 Å². The highest BCUT2D eigenvalue weighted by Gasteiger charge is 2.25. The largest absolute Gasteiger partial charge is 0.458 e. The molecular weight excluding hydrogens is 290 g/mol. The highest BCUT2D eigenvalue weighted by atomic mass is 16.6. The van der Waals surface area contributed by atoms with Crippen LogP contribution in [0.4, 0.5) is 0 Å². The lowest BCUT2D eigenvalue weighted by Gasteiger charge is -2.22. The summed E-state index contributed by atoms with van der Waals surface area (Å²) >= 11 is 0. The molecule has 1 aromatic carbocycles. The molecule has 0 radical (unpaired) electrons. The van der Waals surface area contributed by atoms with Crippen LogP contribution < -0.4 is 4.74 Å². The number of nitrogens with zero attached hydrogens (tertiary/aromatic N) is 1. The van der Waals surface area contributed by atoms with Crippen molar-refractivity contribution >= 4 is 12.0 Å². The van der Waals surface area contributed by atoms with Gasteiger partial charge in [-0.3, -0.25) is 0 Å². The molecule has 23 heavy (non-hydrogen) atoms. The van der Waals surface area contributed by atoms with Crippen LogP contribution in [0.1, 0.15) is 26.3 Å².